The first kappa shape index (κ1) is 12.5. The van der Waals surface area contributed by atoms with Crippen molar-refractivity contribution in [2.45, 2.75) is 62.7 Å². The first-order valence-electron chi connectivity index (χ1n) is 6.68. The van der Waals surface area contributed by atoms with E-state index in [2.05, 4.69) is 23.3 Å². The maximum Gasteiger partial charge on any atom is 0.0538 e. The molecule has 0 aromatic rings. The van der Waals surface area contributed by atoms with Crippen molar-refractivity contribution < 1.29 is 0 Å². The Morgan fingerprint density at radius 2 is 2.12 bits per heavy atom. The van der Waals surface area contributed by atoms with Gasteiger partial charge in [-0.25, -0.2) is 0 Å². The molecule has 0 radical (unpaired) electrons. The lowest BCUT2D eigenvalue weighted by Gasteiger charge is -2.26. The zero-order valence-electron chi connectivity index (χ0n) is 10.1. The SMILES string of the molecule is NNC(C1=CCCCCCC1)C1CCCS1. The minimum Gasteiger partial charge on any atom is -0.271 e. The molecule has 1 aliphatic carbocycles. The molecule has 3 heteroatoms. The first-order chi connectivity index (χ1) is 7.92. The Labute approximate surface area is 103 Å². The molecule has 2 aliphatic rings. The molecule has 1 heterocycles. The number of nitrogens with one attached hydrogen (secondary N) is 1. The molecule has 1 fully saturated rings. The average molecular weight is 240 g/mol. The smallest absolute Gasteiger partial charge is 0.0538 e. The topological polar surface area (TPSA) is 38.0 Å². The number of hydrazine groups is 1. The highest BCUT2D eigenvalue weighted by molar-refractivity contribution is 8.00. The van der Waals surface area contributed by atoms with Gasteiger partial charge in [-0.2, -0.15) is 11.8 Å². The lowest BCUT2D eigenvalue weighted by Crippen LogP contribution is -2.43. The third kappa shape index (κ3) is 3.25. The molecule has 2 atom stereocenters. The summed E-state index contributed by atoms with van der Waals surface area (Å²) in [6, 6.07) is 0.436. The van der Waals surface area contributed by atoms with E-state index in [9.17, 15) is 0 Å². The standard InChI is InChI=1S/C13H24N2S/c14-15-13(12-9-6-10-16-12)11-7-4-2-1-3-5-8-11/h7,12-13,15H,1-6,8-10,14H2. The second-order valence-electron chi connectivity index (χ2n) is 4.93. The third-order valence-electron chi connectivity index (χ3n) is 3.74. The van der Waals surface area contributed by atoms with Gasteiger partial charge in [-0.15, -0.1) is 0 Å². The number of nitrogens with two attached hydrogens (primary N) is 1. The van der Waals surface area contributed by atoms with Crippen LogP contribution in [0.5, 0.6) is 0 Å². The van der Waals surface area contributed by atoms with Crippen molar-refractivity contribution in [1.29, 1.82) is 0 Å². The summed E-state index contributed by atoms with van der Waals surface area (Å²) in [4.78, 5) is 0. The molecule has 0 aromatic heterocycles. The van der Waals surface area contributed by atoms with Crippen molar-refractivity contribution >= 4 is 11.8 Å². The Hall–Kier alpha value is 0.01000. The normalized spacial score (nSPS) is 29.3. The van der Waals surface area contributed by atoms with Crippen LogP contribution in [-0.4, -0.2) is 17.0 Å². The van der Waals surface area contributed by atoms with Crippen LogP contribution in [0.1, 0.15) is 51.4 Å². The molecule has 0 amide bonds. The molecule has 3 N–H and O–H groups in total. The van der Waals surface area contributed by atoms with Gasteiger partial charge in [0.05, 0.1) is 6.04 Å². The molecule has 2 nitrogen and oxygen atoms in total. The van der Waals surface area contributed by atoms with E-state index in [1.54, 1.807) is 5.57 Å². The highest BCUT2D eigenvalue weighted by Crippen LogP contribution is 2.33. The monoisotopic (exact) mass is 240 g/mol. The van der Waals surface area contributed by atoms with Crippen molar-refractivity contribution in [3.05, 3.63) is 11.6 Å². The van der Waals surface area contributed by atoms with Crippen LogP contribution in [0, 0.1) is 0 Å². The summed E-state index contributed by atoms with van der Waals surface area (Å²) in [7, 11) is 0. The van der Waals surface area contributed by atoms with E-state index in [1.165, 1.54) is 57.1 Å². The Morgan fingerprint density at radius 3 is 2.88 bits per heavy atom. The van der Waals surface area contributed by atoms with Crippen molar-refractivity contribution in [2.75, 3.05) is 5.75 Å². The maximum atomic E-state index is 5.77. The predicted octanol–water partition coefficient (Wildman–Crippen LogP) is 2.99. The van der Waals surface area contributed by atoms with Gasteiger partial charge in [-0.05, 0) is 44.3 Å². The zero-order chi connectivity index (χ0) is 11.2. The second-order valence-corrected chi connectivity index (χ2v) is 6.27. The third-order valence-corrected chi connectivity index (χ3v) is 5.20. The Bertz CT molecular complexity index is 234. The minimum atomic E-state index is 0.436. The fraction of sp³-hybridized carbons (Fsp3) is 0.846. The molecular formula is C13H24N2S. The van der Waals surface area contributed by atoms with Gasteiger partial charge >= 0.3 is 0 Å². The van der Waals surface area contributed by atoms with Gasteiger partial charge in [0.1, 0.15) is 0 Å². The van der Waals surface area contributed by atoms with Gasteiger partial charge in [0, 0.05) is 5.25 Å². The summed E-state index contributed by atoms with van der Waals surface area (Å²) < 4.78 is 0. The Balaban J connectivity index is 1.99. The Kier molecular flexibility index (Phi) is 5.20. The van der Waals surface area contributed by atoms with E-state index < -0.39 is 0 Å². The highest BCUT2D eigenvalue weighted by atomic mass is 32.2. The van der Waals surface area contributed by atoms with E-state index in [0.29, 0.717) is 6.04 Å². The van der Waals surface area contributed by atoms with Gasteiger partial charge < -0.3 is 0 Å². The average Bonchev–Trinajstić information content (AvgIpc) is 2.75. The van der Waals surface area contributed by atoms with E-state index in [1.807, 2.05) is 0 Å². The summed E-state index contributed by atoms with van der Waals surface area (Å²) >= 11 is 2.10. The van der Waals surface area contributed by atoms with Crippen LogP contribution in [0.25, 0.3) is 0 Å². The number of hydrogen-bond acceptors (Lipinski definition) is 3. The molecule has 0 spiro atoms. The molecule has 2 unspecified atom stereocenters. The van der Waals surface area contributed by atoms with Crippen LogP contribution in [0.4, 0.5) is 0 Å². The fourth-order valence-electron chi connectivity index (χ4n) is 2.82. The second kappa shape index (κ2) is 6.67. The molecule has 0 bridgehead atoms. The first-order valence-corrected chi connectivity index (χ1v) is 7.73. The van der Waals surface area contributed by atoms with E-state index in [4.69, 9.17) is 5.84 Å². The van der Waals surface area contributed by atoms with E-state index in [-0.39, 0.29) is 0 Å². The molecule has 1 saturated heterocycles. The summed E-state index contributed by atoms with van der Waals surface area (Å²) in [6.45, 7) is 0. The number of rotatable bonds is 3. The van der Waals surface area contributed by atoms with Crippen LogP contribution in [-0.2, 0) is 0 Å². The molecule has 1 aliphatic heterocycles. The number of thioether (sulfide) groups is 1. The van der Waals surface area contributed by atoms with Gasteiger partial charge in [-0.3, -0.25) is 11.3 Å². The molecule has 2 rings (SSSR count). The summed E-state index contributed by atoms with van der Waals surface area (Å²) in [5, 5.41) is 0.718. The van der Waals surface area contributed by atoms with Crippen LogP contribution < -0.4 is 11.3 Å². The molecule has 92 valence electrons. The maximum absolute atomic E-state index is 5.77. The lowest BCUT2D eigenvalue weighted by molar-refractivity contribution is 0.516. The quantitative estimate of drug-likeness (QED) is 0.452. The molecular weight excluding hydrogens is 216 g/mol. The largest absolute Gasteiger partial charge is 0.271 e. The van der Waals surface area contributed by atoms with Crippen LogP contribution in [0.3, 0.4) is 0 Å². The number of hydrogen-bond donors (Lipinski definition) is 2. The highest BCUT2D eigenvalue weighted by Gasteiger charge is 2.27. The lowest BCUT2D eigenvalue weighted by atomic mass is 9.92. The predicted molar refractivity (Wildman–Crippen MR) is 72.4 cm³/mol. The van der Waals surface area contributed by atoms with Gasteiger partial charge in [0.25, 0.3) is 0 Å². The van der Waals surface area contributed by atoms with Crippen LogP contribution in [0.15, 0.2) is 11.6 Å². The van der Waals surface area contributed by atoms with Crippen LogP contribution >= 0.6 is 11.8 Å². The molecule has 16 heavy (non-hydrogen) atoms. The summed E-state index contributed by atoms with van der Waals surface area (Å²) in [5.74, 6) is 7.08. The fourth-order valence-corrected chi connectivity index (χ4v) is 4.23. The zero-order valence-corrected chi connectivity index (χ0v) is 10.9. The summed E-state index contributed by atoms with van der Waals surface area (Å²) in [5.41, 5.74) is 4.66. The van der Waals surface area contributed by atoms with E-state index >= 15 is 0 Å². The van der Waals surface area contributed by atoms with Crippen molar-refractivity contribution in [1.82, 2.24) is 5.43 Å². The number of allylic oxidation sites excluding steroid dienone is 1. The molecule has 0 aromatic carbocycles. The van der Waals surface area contributed by atoms with Crippen LogP contribution in [0.2, 0.25) is 0 Å². The van der Waals surface area contributed by atoms with Gasteiger partial charge in [0.15, 0.2) is 0 Å². The van der Waals surface area contributed by atoms with Crippen molar-refractivity contribution in [3.63, 3.8) is 0 Å². The Morgan fingerprint density at radius 1 is 1.25 bits per heavy atom. The van der Waals surface area contributed by atoms with Crippen molar-refractivity contribution in [2.24, 2.45) is 5.84 Å². The molecule has 0 saturated carbocycles. The van der Waals surface area contributed by atoms with Crippen molar-refractivity contribution in [3.8, 4) is 0 Å². The van der Waals surface area contributed by atoms with Gasteiger partial charge in [-0.1, -0.05) is 24.5 Å². The summed E-state index contributed by atoms with van der Waals surface area (Å²) in [6.07, 6.45) is 13.2. The minimum absolute atomic E-state index is 0.436. The van der Waals surface area contributed by atoms with E-state index in [0.717, 1.165) is 5.25 Å². The van der Waals surface area contributed by atoms with Gasteiger partial charge in [0.2, 0.25) is 0 Å².